The number of nitrogens with zero attached hydrogens (tertiary/aromatic N) is 5. The van der Waals surface area contributed by atoms with Gasteiger partial charge in [-0.15, -0.1) is 10.2 Å². The molecule has 0 saturated carbocycles. The summed E-state index contributed by atoms with van der Waals surface area (Å²) in [5.41, 5.74) is 3.85. The number of piperidine rings is 1. The molecule has 0 amide bonds. The number of nitrogens with one attached hydrogen (secondary N) is 1. The number of benzene rings is 3. The van der Waals surface area contributed by atoms with Crippen LogP contribution < -0.4 is 9.47 Å². The average molecular weight is 693 g/mol. The smallest absolute Gasteiger partial charge is 0.278 e. The number of rotatable bonds is 8. The van der Waals surface area contributed by atoms with Gasteiger partial charge in [0.1, 0.15) is 11.6 Å². The summed E-state index contributed by atoms with van der Waals surface area (Å²) in [6.45, 7) is 5.60. The van der Waals surface area contributed by atoms with E-state index in [0.29, 0.717) is 46.6 Å². The van der Waals surface area contributed by atoms with E-state index in [1.54, 1.807) is 19.1 Å². The fourth-order valence-electron chi connectivity index (χ4n) is 6.87. The summed E-state index contributed by atoms with van der Waals surface area (Å²) in [4.78, 5) is 10.3. The van der Waals surface area contributed by atoms with Crippen LogP contribution in [0.2, 0.25) is 5.02 Å². The normalized spacial score (nSPS) is 21.5. The number of aromatic amines is 1. The van der Waals surface area contributed by atoms with E-state index >= 15 is 0 Å². The third-order valence-electron chi connectivity index (χ3n) is 9.52. The Labute approximate surface area is 281 Å². The van der Waals surface area contributed by atoms with Crippen molar-refractivity contribution in [3.63, 3.8) is 0 Å². The second kappa shape index (κ2) is 11.8. The SMILES string of the molecule is CC1(c2ccc(Cl)cc2F)Oc2cccc(C3CCN(Cc4nc5cc(-c6nnc(S(C)(=O)=O)[nH]6)ccc5n4CC4CCO4)CC3)c2O1. The molecular formula is C34H34ClFN6O5S. The predicted molar refractivity (Wildman–Crippen MR) is 176 cm³/mol. The summed E-state index contributed by atoms with van der Waals surface area (Å²) in [7, 11) is -3.51. The van der Waals surface area contributed by atoms with Gasteiger partial charge in [0, 0.05) is 35.9 Å². The first-order chi connectivity index (χ1) is 23.0. The zero-order valence-corrected chi connectivity index (χ0v) is 28.0. The second-order valence-electron chi connectivity index (χ2n) is 12.9. The van der Waals surface area contributed by atoms with E-state index in [4.69, 9.17) is 30.8 Å². The minimum Gasteiger partial charge on any atom is -0.444 e. The van der Waals surface area contributed by atoms with E-state index in [1.165, 1.54) is 6.07 Å². The van der Waals surface area contributed by atoms with Gasteiger partial charge in [-0.05, 0) is 80.7 Å². The highest BCUT2D eigenvalue weighted by Crippen LogP contribution is 2.50. The van der Waals surface area contributed by atoms with Crippen molar-refractivity contribution in [2.75, 3.05) is 26.0 Å². The number of hydrogen-bond acceptors (Lipinski definition) is 9. The largest absolute Gasteiger partial charge is 0.444 e. The molecule has 0 aliphatic carbocycles. The number of para-hydroxylation sites is 1. The monoisotopic (exact) mass is 692 g/mol. The number of fused-ring (bicyclic) bond motifs is 2. The van der Waals surface area contributed by atoms with Crippen molar-refractivity contribution in [2.24, 2.45) is 0 Å². The number of aromatic nitrogens is 5. The van der Waals surface area contributed by atoms with Crippen LogP contribution in [-0.4, -0.2) is 70.1 Å². The third kappa shape index (κ3) is 5.72. The molecule has 0 radical (unpaired) electrons. The summed E-state index contributed by atoms with van der Waals surface area (Å²) >= 11 is 5.99. The van der Waals surface area contributed by atoms with E-state index in [-0.39, 0.29) is 17.2 Å². The van der Waals surface area contributed by atoms with Crippen LogP contribution >= 0.6 is 11.6 Å². The molecule has 5 aromatic rings. The standard InChI is InChI=1S/C34H34ClFN6O5S/c1-34(25-8-7-22(35)17-26(25)36)46-29-5-3-4-24(31(29)47-34)20-10-13-41(14-11-20)19-30-37-27-16-21(32-38-33(40-39-32)48(2,43)44)6-9-28(27)42(30)18-23-12-15-45-23/h3-9,16-17,20,23H,10-15,18-19H2,1-2H3,(H,38,39,40). The highest BCUT2D eigenvalue weighted by atomic mass is 35.5. The van der Waals surface area contributed by atoms with E-state index in [9.17, 15) is 12.8 Å². The van der Waals surface area contributed by atoms with Gasteiger partial charge in [0.25, 0.3) is 5.79 Å². The molecule has 11 nitrogen and oxygen atoms in total. The number of halogens is 2. The second-order valence-corrected chi connectivity index (χ2v) is 15.2. The molecule has 14 heteroatoms. The minimum absolute atomic E-state index is 0.146. The van der Waals surface area contributed by atoms with Crippen molar-refractivity contribution in [3.8, 4) is 22.9 Å². The molecule has 2 atom stereocenters. The molecular weight excluding hydrogens is 659 g/mol. The highest BCUT2D eigenvalue weighted by molar-refractivity contribution is 7.90. The Hall–Kier alpha value is -4.04. The highest BCUT2D eigenvalue weighted by Gasteiger charge is 2.43. The number of ether oxygens (including phenoxy) is 3. The van der Waals surface area contributed by atoms with Gasteiger partial charge < -0.3 is 23.8 Å². The molecule has 2 saturated heterocycles. The fraction of sp³-hybridized carbons (Fsp3) is 0.382. The lowest BCUT2D eigenvalue weighted by Gasteiger charge is -2.33. The van der Waals surface area contributed by atoms with Gasteiger partial charge in [-0.25, -0.2) is 17.8 Å². The van der Waals surface area contributed by atoms with Crippen LogP contribution in [-0.2, 0) is 33.5 Å². The van der Waals surface area contributed by atoms with E-state index < -0.39 is 21.4 Å². The van der Waals surface area contributed by atoms with Crippen molar-refractivity contribution >= 4 is 32.5 Å². The summed E-state index contributed by atoms with van der Waals surface area (Å²) in [5.74, 6) is 1.08. The first-order valence-corrected chi connectivity index (χ1v) is 18.2. The van der Waals surface area contributed by atoms with Crippen molar-refractivity contribution < 1.29 is 27.0 Å². The van der Waals surface area contributed by atoms with Gasteiger partial charge in [-0.1, -0.05) is 23.7 Å². The third-order valence-corrected chi connectivity index (χ3v) is 10.6. The molecule has 3 aromatic carbocycles. The molecule has 0 spiro atoms. The molecule has 8 rings (SSSR count). The molecule has 250 valence electrons. The molecule has 2 aromatic heterocycles. The quantitative estimate of drug-likeness (QED) is 0.214. The molecule has 2 unspecified atom stereocenters. The number of sulfone groups is 1. The van der Waals surface area contributed by atoms with E-state index in [2.05, 4.69) is 30.7 Å². The summed E-state index contributed by atoms with van der Waals surface area (Å²) in [5, 5.41) is 8.00. The molecule has 3 aliphatic rings. The number of likely N-dealkylation sites (tertiary alicyclic amines) is 1. The maximum atomic E-state index is 14.9. The van der Waals surface area contributed by atoms with Crippen molar-refractivity contribution in [1.29, 1.82) is 0 Å². The molecule has 5 heterocycles. The van der Waals surface area contributed by atoms with E-state index in [0.717, 1.165) is 67.6 Å². The van der Waals surface area contributed by atoms with Crippen molar-refractivity contribution in [2.45, 2.75) is 62.2 Å². The Morgan fingerprint density at radius 1 is 1.06 bits per heavy atom. The molecule has 2 fully saturated rings. The van der Waals surface area contributed by atoms with Crippen molar-refractivity contribution in [1.82, 2.24) is 29.6 Å². The maximum absolute atomic E-state index is 14.9. The molecule has 0 bridgehead atoms. The average Bonchev–Trinajstić information content (AvgIpc) is 3.74. The topological polar surface area (TPSA) is 124 Å². The summed E-state index contributed by atoms with van der Waals surface area (Å²) < 4.78 is 59.3. The van der Waals surface area contributed by atoms with Gasteiger partial charge in [-0.2, -0.15) is 0 Å². The van der Waals surface area contributed by atoms with Crippen LogP contribution in [0.5, 0.6) is 11.5 Å². The lowest BCUT2D eigenvalue weighted by molar-refractivity contribution is -0.0712. The molecule has 1 N–H and O–H groups in total. The first-order valence-electron chi connectivity index (χ1n) is 16.0. The van der Waals surface area contributed by atoms with Gasteiger partial charge in [0.15, 0.2) is 17.3 Å². The van der Waals surface area contributed by atoms with E-state index in [1.807, 2.05) is 30.3 Å². The fourth-order valence-corrected chi connectivity index (χ4v) is 7.50. The van der Waals surface area contributed by atoms with Crippen molar-refractivity contribution in [3.05, 3.63) is 82.4 Å². The van der Waals surface area contributed by atoms with Gasteiger partial charge in [0.2, 0.25) is 15.0 Å². The Bertz CT molecular complexity index is 2140. The van der Waals surface area contributed by atoms with Gasteiger partial charge >= 0.3 is 0 Å². The van der Waals surface area contributed by atoms with Crippen LogP contribution in [0, 0.1) is 5.82 Å². The predicted octanol–water partition coefficient (Wildman–Crippen LogP) is 5.83. The van der Waals surface area contributed by atoms with Crippen LogP contribution in [0.15, 0.2) is 59.8 Å². The minimum atomic E-state index is -3.51. The summed E-state index contributed by atoms with van der Waals surface area (Å²) in [6, 6.07) is 16.2. The van der Waals surface area contributed by atoms with Gasteiger partial charge in [0.05, 0.1) is 35.8 Å². The van der Waals surface area contributed by atoms with Crippen LogP contribution in [0.1, 0.15) is 49.1 Å². The zero-order valence-electron chi connectivity index (χ0n) is 26.4. The lowest BCUT2D eigenvalue weighted by atomic mass is 9.88. The summed E-state index contributed by atoms with van der Waals surface area (Å²) in [6.07, 6.45) is 4.07. The van der Waals surface area contributed by atoms with Gasteiger partial charge in [-0.3, -0.25) is 4.90 Å². The Morgan fingerprint density at radius 2 is 1.88 bits per heavy atom. The number of imidazole rings is 1. The maximum Gasteiger partial charge on any atom is 0.278 e. The Balaban J connectivity index is 1.00. The van der Waals surface area contributed by atoms with Crippen LogP contribution in [0.25, 0.3) is 22.4 Å². The molecule has 48 heavy (non-hydrogen) atoms. The van der Waals surface area contributed by atoms with Crippen LogP contribution in [0.3, 0.4) is 0 Å². The number of H-pyrrole nitrogens is 1. The first kappa shape index (κ1) is 31.2. The van der Waals surface area contributed by atoms with Crippen LogP contribution in [0.4, 0.5) is 4.39 Å². The molecule has 3 aliphatic heterocycles. The lowest BCUT2D eigenvalue weighted by Crippen LogP contribution is -2.35. The Morgan fingerprint density at radius 3 is 2.58 bits per heavy atom. The number of hydrogen-bond donors (Lipinski definition) is 1. The zero-order chi connectivity index (χ0) is 33.2. The Kier molecular flexibility index (Phi) is 7.70.